The number of H-pyrrole nitrogens is 1. The monoisotopic (exact) mass is 308 g/mol. The number of nitrogens with one attached hydrogen (secondary N) is 3. The Labute approximate surface area is 114 Å². The minimum absolute atomic E-state index is 0.0311. The van der Waals surface area contributed by atoms with Gasteiger partial charge in [-0.2, -0.15) is 0 Å². The molecule has 0 bridgehead atoms. The molecule has 8 nitrogen and oxygen atoms in total. The molecule has 0 aliphatic heterocycles. The number of hydrogen-bond acceptors (Lipinski definition) is 5. The number of hydrogen-bond donors (Lipinski definition) is 3. The summed E-state index contributed by atoms with van der Waals surface area (Å²) in [5.74, 6) is 0. The van der Waals surface area contributed by atoms with E-state index >= 15 is 0 Å². The van der Waals surface area contributed by atoms with Crippen molar-refractivity contribution in [3.8, 4) is 0 Å². The summed E-state index contributed by atoms with van der Waals surface area (Å²) in [5.41, 5.74) is 0.305. The summed E-state index contributed by atoms with van der Waals surface area (Å²) in [6, 6.07) is -0.304. The minimum atomic E-state index is -3.72. The molecule has 1 aromatic heterocycles. The lowest BCUT2D eigenvalue weighted by Gasteiger charge is -2.12. The molecule has 1 heterocycles. The number of rotatable bonds is 5. The van der Waals surface area contributed by atoms with Crippen molar-refractivity contribution in [3.05, 3.63) is 15.4 Å². The van der Waals surface area contributed by atoms with E-state index in [1.165, 1.54) is 11.8 Å². The Morgan fingerprint density at radius 2 is 2.00 bits per heavy atom. The standard InChI is InChI=1S/C9H16N4O4S2/c1-6-7(18-9(15)12-6)19(16,17)11-5-4-10-8(14)13(2)3/h11H,4-5H2,1-3H3,(H,10,14)(H,12,15). The average Bonchev–Trinajstić information content (AvgIpc) is 2.64. The molecule has 1 rings (SSSR count). The first-order valence-corrected chi connectivity index (χ1v) is 7.68. The first-order valence-electron chi connectivity index (χ1n) is 5.38. The van der Waals surface area contributed by atoms with Crippen molar-refractivity contribution in [2.75, 3.05) is 27.2 Å². The summed E-state index contributed by atoms with van der Waals surface area (Å²) < 4.78 is 26.0. The number of carbonyl (C=O) groups excluding carboxylic acids is 1. The lowest BCUT2D eigenvalue weighted by Crippen LogP contribution is -2.39. The number of urea groups is 1. The number of amides is 2. The van der Waals surface area contributed by atoms with E-state index in [-0.39, 0.29) is 23.3 Å². The van der Waals surface area contributed by atoms with E-state index in [1.54, 1.807) is 14.1 Å². The van der Waals surface area contributed by atoms with Crippen molar-refractivity contribution < 1.29 is 13.2 Å². The van der Waals surface area contributed by atoms with E-state index in [9.17, 15) is 18.0 Å². The fraction of sp³-hybridized carbons (Fsp3) is 0.556. The molecule has 0 saturated heterocycles. The predicted molar refractivity (Wildman–Crippen MR) is 72.0 cm³/mol. The molecule has 0 fully saturated rings. The molecule has 108 valence electrons. The predicted octanol–water partition coefficient (Wildman–Crippen LogP) is -0.706. The summed E-state index contributed by atoms with van der Waals surface area (Å²) in [4.78, 5) is 25.6. The molecule has 0 aliphatic rings. The Morgan fingerprint density at radius 1 is 1.37 bits per heavy atom. The zero-order valence-electron chi connectivity index (χ0n) is 10.8. The van der Waals surface area contributed by atoms with Gasteiger partial charge in [0, 0.05) is 32.9 Å². The van der Waals surface area contributed by atoms with Crippen LogP contribution in [0.25, 0.3) is 0 Å². The Kier molecular flexibility index (Phi) is 5.09. The largest absolute Gasteiger partial charge is 0.337 e. The molecule has 0 spiro atoms. The van der Waals surface area contributed by atoms with Crippen LogP contribution in [0.1, 0.15) is 5.69 Å². The fourth-order valence-electron chi connectivity index (χ4n) is 1.23. The number of sulfonamides is 1. The second-order valence-corrected chi connectivity index (χ2v) is 6.90. The van der Waals surface area contributed by atoms with Crippen LogP contribution in [0.4, 0.5) is 4.79 Å². The summed E-state index contributed by atoms with van der Waals surface area (Å²) in [6.45, 7) is 1.72. The van der Waals surface area contributed by atoms with Crippen LogP contribution in [0.15, 0.2) is 9.00 Å². The second-order valence-electron chi connectivity index (χ2n) is 3.95. The third-order valence-electron chi connectivity index (χ3n) is 2.12. The number of aromatic nitrogens is 1. The summed E-state index contributed by atoms with van der Waals surface area (Å²) in [5, 5.41) is 2.52. The highest BCUT2D eigenvalue weighted by molar-refractivity contribution is 7.91. The van der Waals surface area contributed by atoms with Crippen LogP contribution in [0.5, 0.6) is 0 Å². The molecule has 0 saturated carbocycles. The smallest absolute Gasteiger partial charge is 0.316 e. The lowest BCUT2D eigenvalue weighted by molar-refractivity contribution is 0.217. The number of thiazole rings is 1. The van der Waals surface area contributed by atoms with Crippen LogP contribution in [0.2, 0.25) is 0 Å². The molecule has 0 radical (unpaired) electrons. The van der Waals surface area contributed by atoms with Crippen molar-refractivity contribution in [1.82, 2.24) is 19.9 Å². The van der Waals surface area contributed by atoms with Crippen LogP contribution in [-0.2, 0) is 10.0 Å². The van der Waals surface area contributed by atoms with E-state index < -0.39 is 14.9 Å². The van der Waals surface area contributed by atoms with Gasteiger partial charge in [-0.3, -0.25) is 4.79 Å². The van der Waals surface area contributed by atoms with Gasteiger partial charge in [0.1, 0.15) is 0 Å². The van der Waals surface area contributed by atoms with Gasteiger partial charge in [-0.25, -0.2) is 17.9 Å². The van der Waals surface area contributed by atoms with Crippen LogP contribution in [-0.4, -0.2) is 51.5 Å². The quantitative estimate of drug-likeness (QED) is 0.624. The maximum Gasteiger partial charge on any atom is 0.316 e. The SMILES string of the molecule is Cc1[nH]c(=O)sc1S(=O)(=O)NCCNC(=O)N(C)C. The second kappa shape index (κ2) is 6.17. The zero-order chi connectivity index (χ0) is 14.6. The van der Waals surface area contributed by atoms with Crippen LogP contribution in [0, 0.1) is 6.92 Å². The van der Waals surface area contributed by atoms with Crippen LogP contribution >= 0.6 is 11.3 Å². The first-order chi connectivity index (χ1) is 8.74. The fourth-order valence-corrected chi connectivity index (χ4v) is 3.60. The van der Waals surface area contributed by atoms with Gasteiger partial charge >= 0.3 is 10.9 Å². The first kappa shape index (κ1) is 15.7. The van der Waals surface area contributed by atoms with E-state index in [4.69, 9.17) is 0 Å². The van der Waals surface area contributed by atoms with Gasteiger partial charge in [-0.15, -0.1) is 0 Å². The zero-order valence-corrected chi connectivity index (χ0v) is 12.4. The highest BCUT2D eigenvalue weighted by Gasteiger charge is 2.19. The Morgan fingerprint density at radius 3 is 2.47 bits per heavy atom. The van der Waals surface area contributed by atoms with Crippen LogP contribution in [0.3, 0.4) is 0 Å². The van der Waals surface area contributed by atoms with Crippen LogP contribution < -0.4 is 14.9 Å². The topological polar surface area (TPSA) is 111 Å². The number of aryl methyl sites for hydroxylation is 1. The van der Waals surface area contributed by atoms with Gasteiger partial charge in [-0.1, -0.05) is 11.3 Å². The summed E-state index contributed by atoms with van der Waals surface area (Å²) >= 11 is 0.633. The van der Waals surface area contributed by atoms with E-state index in [0.717, 1.165) is 0 Å². The highest BCUT2D eigenvalue weighted by atomic mass is 32.2. The molecule has 0 aliphatic carbocycles. The van der Waals surface area contributed by atoms with Gasteiger partial charge in [0.15, 0.2) is 4.21 Å². The molecule has 19 heavy (non-hydrogen) atoms. The molecular formula is C9H16N4O4S2. The van der Waals surface area contributed by atoms with Gasteiger partial charge < -0.3 is 15.2 Å². The highest BCUT2D eigenvalue weighted by Crippen LogP contribution is 2.14. The maximum absolute atomic E-state index is 11.9. The molecule has 2 amide bonds. The molecule has 0 unspecified atom stereocenters. The van der Waals surface area contributed by atoms with Gasteiger partial charge in [0.2, 0.25) is 0 Å². The normalized spacial score (nSPS) is 11.3. The van der Waals surface area contributed by atoms with Crippen molar-refractivity contribution >= 4 is 27.4 Å². The molecule has 10 heteroatoms. The van der Waals surface area contributed by atoms with Crippen molar-refractivity contribution in [1.29, 1.82) is 0 Å². The number of nitrogens with zero attached hydrogens (tertiary/aromatic N) is 1. The minimum Gasteiger partial charge on any atom is -0.337 e. The van der Waals surface area contributed by atoms with E-state index in [2.05, 4.69) is 15.0 Å². The average molecular weight is 308 g/mol. The van der Waals surface area contributed by atoms with Gasteiger partial charge in [0.25, 0.3) is 10.0 Å². The maximum atomic E-state index is 11.9. The molecule has 3 N–H and O–H groups in total. The third kappa shape index (κ3) is 4.33. The lowest BCUT2D eigenvalue weighted by atomic mass is 10.6. The summed E-state index contributed by atoms with van der Waals surface area (Å²) in [6.07, 6.45) is 0. The van der Waals surface area contributed by atoms with Crippen molar-refractivity contribution in [2.24, 2.45) is 0 Å². The Hall–Kier alpha value is -1.39. The summed E-state index contributed by atoms with van der Waals surface area (Å²) in [7, 11) is -0.549. The van der Waals surface area contributed by atoms with Crippen molar-refractivity contribution in [3.63, 3.8) is 0 Å². The number of carbonyl (C=O) groups is 1. The molecule has 0 atom stereocenters. The Bertz CT molecular complexity index is 602. The van der Waals surface area contributed by atoms with Crippen molar-refractivity contribution in [2.45, 2.75) is 11.1 Å². The van der Waals surface area contributed by atoms with Gasteiger partial charge in [-0.05, 0) is 6.92 Å². The molecule has 1 aromatic rings. The molecular weight excluding hydrogens is 292 g/mol. The van der Waals surface area contributed by atoms with E-state index in [0.29, 0.717) is 17.0 Å². The third-order valence-corrected chi connectivity index (χ3v) is 5.19. The molecule has 0 aromatic carbocycles. The number of aromatic amines is 1. The Balaban J connectivity index is 2.55. The van der Waals surface area contributed by atoms with Gasteiger partial charge in [0.05, 0.1) is 0 Å². The van der Waals surface area contributed by atoms with E-state index in [1.807, 2.05) is 0 Å².